The third kappa shape index (κ3) is 6.24. The molecule has 2 aromatic carbocycles. The van der Waals surface area contributed by atoms with Crippen LogP contribution in [-0.2, 0) is 17.4 Å². The Labute approximate surface area is 214 Å². The van der Waals surface area contributed by atoms with Crippen LogP contribution in [0.2, 0.25) is 0 Å². The zero-order valence-corrected chi connectivity index (χ0v) is 20.2. The van der Waals surface area contributed by atoms with Gasteiger partial charge in [0.1, 0.15) is 17.5 Å². The van der Waals surface area contributed by atoms with Crippen LogP contribution in [0.5, 0.6) is 5.75 Å². The van der Waals surface area contributed by atoms with Crippen LogP contribution in [0.4, 0.5) is 22.0 Å². The Morgan fingerprint density at radius 2 is 1.74 bits per heavy atom. The van der Waals surface area contributed by atoms with Gasteiger partial charge in [0.2, 0.25) is 5.91 Å². The minimum absolute atomic E-state index is 0.0841. The summed E-state index contributed by atoms with van der Waals surface area (Å²) in [6.45, 7) is 2.21. The largest absolute Gasteiger partial charge is 0.416 e. The maximum Gasteiger partial charge on any atom is 0.416 e. The molecule has 1 aliphatic heterocycles. The molecule has 1 fully saturated rings. The number of likely N-dealkylation sites (tertiary alicyclic amines) is 1. The smallest absolute Gasteiger partial charge is 0.379 e. The molecule has 200 valence electrons. The van der Waals surface area contributed by atoms with E-state index in [1.807, 2.05) is 0 Å². The lowest BCUT2D eigenvalue weighted by atomic mass is 9.90. The minimum Gasteiger partial charge on any atom is -0.379 e. The van der Waals surface area contributed by atoms with Gasteiger partial charge in [-0.15, -0.1) is 0 Å². The number of nitrogens with one attached hydrogen (secondary N) is 1. The summed E-state index contributed by atoms with van der Waals surface area (Å²) < 4.78 is 66.7. The first kappa shape index (κ1) is 27.0. The lowest BCUT2D eigenvalue weighted by Gasteiger charge is -2.32. The summed E-state index contributed by atoms with van der Waals surface area (Å²) in [5.41, 5.74) is 1.42. The van der Waals surface area contributed by atoms with E-state index < -0.39 is 41.6 Å². The molecule has 7 nitrogen and oxygen atoms in total. The Hall–Kier alpha value is -4.09. The number of hydrogen-bond acceptors (Lipinski definition) is 5. The second-order valence-electron chi connectivity index (χ2n) is 8.81. The highest BCUT2D eigenvalue weighted by Crippen LogP contribution is 2.32. The molecule has 0 saturated carbocycles. The molecule has 0 bridgehead atoms. The van der Waals surface area contributed by atoms with E-state index in [9.17, 15) is 31.5 Å². The number of piperidine rings is 1. The number of aryl methyl sites for hydroxylation is 1. The fourth-order valence-corrected chi connectivity index (χ4v) is 4.24. The highest BCUT2D eigenvalue weighted by atomic mass is 19.4. The molecule has 0 atom stereocenters. The van der Waals surface area contributed by atoms with Crippen molar-refractivity contribution < 1.29 is 36.4 Å². The third-order valence-corrected chi connectivity index (χ3v) is 6.23. The van der Waals surface area contributed by atoms with Gasteiger partial charge in [-0.1, -0.05) is 12.1 Å². The van der Waals surface area contributed by atoms with E-state index in [4.69, 9.17) is 4.84 Å². The van der Waals surface area contributed by atoms with Crippen LogP contribution in [0.25, 0.3) is 0 Å². The van der Waals surface area contributed by atoms with Crippen LogP contribution < -0.4 is 10.3 Å². The predicted molar refractivity (Wildman–Crippen MR) is 125 cm³/mol. The van der Waals surface area contributed by atoms with Crippen LogP contribution in [0, 0.1) is 18.6 Å². The van der Waals surface area contributed by atoms with Crippen LogP contribution >= 0.6 is 0 Å². The van der Waals surface area contributed by atoms with E-state index in [0.717, 1.165) is 30.3 Å². The predicted octanol–water partition coefficient (Wildman–Crippen LogP) is 4.75. The van der Waals surface area contributed by atoms with Gasteiger partial charge in [0, 0.05) is 30.8 Å². The number of rotatable bonds is 6. The van der Waals surface area contributed by atoms with Crippen molar-refractivity contribution in [2.24, 2.45) is 0 Å². The quantitative estimate of drug-likeness (QED) is 0.365. The van der Waals surface area contributed by atoms with Gasteiger partial charge < -0.3 is 9.74 Å². The van der Waals surface area contributed by atoms with Gasteiger partial charge in [-0.25, -0.2) is 18.7 Å². The number of alkyl halides is 3. The average molecular weight is 534 g/mol. The van der Waals surface area contributed by atoms with Crippen molar-refractivity contribution in [3.63, 3.8) is 0 Å². The van der Waals surface area contributed by atoms with Crippen molar-refractivity contribution in [2.45, 2.75) is 38.3 Å². The summed E-state index contributed by atoms with van der Waals surface area (Å²) in [4.78, 5) is 40.6. The van der Waals surface area contributed by atoms with Gasteiger partial charge >= 0.3 is 6.18 Å². The number of hydrogen-bond donors (Lipinski definition) is 1. The highest BCUT2D eigenvalue weighted by molar-refractivity contribution is 5.94. The monoisotopic (exact) mass is 534 g/mol. The van der Waals surface area contributed by atoms with Gasteiger partial charge in [-0.3, -0.25) is 9.59 Å². The van der Waals surface area contributed by atoms with Crippen molar-refractivity contribution in [2.75, 3.05) is 13.1 Å². The van der Waals surface area contributed by atoms with Crippen molar-refractivity contribution in [1.29, 1.82) is 0 Å². The summed E-state index contributed by atoms with van der Waals surface area (Å²) >= 11 is 0. The van der Waals surface area contributed by atoms with Gasteiger partial charge in [0.15, 0.2) is 5.75 Å². The second kappa shape index (κ2) is 11.1. The Balaban J connectivity index is 1.41. The van der Waals surface area contributed by atoms with E-state index >= 15 is 0 Å². The zero-order valence-electron chi connectivity index (χ0n) is 20.2. The number of hydroxylamine groups is 1. The SMILES string of the molecule is Cc1ncc(C(=O)NOc2cccc(C(F)(F)F)c2)c(C2CCN(C(=O)Cc3c(F)cccc3F)CC2)n1. The fourth-order valence-electron chi connectivity index (χ4n) is 4.24. The van der Waals surface area contributed by atoms with Crippen LogP contribution in [0.15, 0.2) is 48.7 Å². The molecular formula is C26H23F5N4O3. The molecule has 0 radical (unpaired) electrons. The van der Waals surface area contributed by atoms with Gasteiger partial charge in [-0.2, -0.15) is 18.7 Å². The normalized spacial score (nSPS) is 14.3. The first-order valence-corrected chi connectivity index (χ1v) is 11.7. The van der Waals surface area contributed by atoms with Crippen molar-refractivity contribution in [3.05, 3.63) is 88.5 Å². The molecule has 1 aromatic heterocycles. The van der Waals surface area contributed by atoms with Crippen molar-refractivity contribution >= 4 is 11.8 Å². The number of aromatic nitrogens is 2. The first-order valence-electron chi connectivity index (χ1n) is 11.7. The second-order valence-corrected chi connectivity index (χ2v) is 8.81. The average Bonchev–Trinajstić information content (AvgIpc) is 2.89. The Bertz CT molecular complexity index is 1320. The van der Waals surface area contributed by atoms with Crippen LogP contribution in [-0.4, -0.2) is 39.8 Å². The lowest BCUT2D eigenvalue weighted by molar-refractivity contribution is -0.137. The van der Waals surface area contributed by atoms with Gasteiger partial charge in [0.25, 0.3) is 5.91 Å². The molecule has 2 heterocycles. The topological polar surface area (TPSA) is 84.4 Å². The number of carbonyl (C=O) groups is 2. The first-order chi connectivity index (χ1) is 18.0. The molecule has 1 N–H and O–H groups in total. The van der Waals surface area contributed by atoms with E-state index in [0.29, 0.717) is 24.4 Å². The molecule has 1 saturated heterocycles. The summed E-state index contributed by atoms with van der Waals surface area (Å²) in [5.74, 6) is -2.77. The van der Waals surface area contributed by atoms with E-state index in [1.54, 1.807) is 6.92 Å². The highest BCUT2D eigenvalue weighted by Gasteiger charge is 2.31. The number of benzene rings is 2. The van der Waals surface area contributed by atoms with Crippen LogP contribution in [0.1, 0.15) is 51.8 Å². The van der Waals surface area contributed by atoms with Crippen molar-refractivity contribution in [1.82, 2.24) is 20.3 Å². The lowest BCUT2D eigenvalue weighted by Crippen LogP contribution is -2.39. The Kier molecular flexibility index (Phi) is 7.88. The summed E-state index contributed by atoms with van der Waals surface area (Å²) in [6.07, 6.45) is -2.81. The number of carbonyl (C=O) groups excluding carboxylic acids is 2. The molecule has 0 aliphatic carbocycles. The van der Waals surface area contributed by atoms with Gasteiger partial charge in [-0.05, 0) is 50.1 Å². The molecule has 12 heteroatoms. The maximum absolute atomic E-state index is 13.9. The van der Waals surface area contributed by atoms with E-state index in [1.165, 1.54) is 23.2 Å². The maximum atomic E-state index is 13.9. The number of amides is 2. The Morgan fingerprint density at radius 1 is 1.08 bits per heavy atom. The zero-order chi connectivity index (χ0) is 27.4. The molecule has 0 spiro atoms. The van der Waals surface area contributed by atoms with E-state index in [2.05, 4.69) is 15.4 Å². The molecule has 2 amide bonds. The fraction of sp³-hybridized carbons (Fsp3) is 0.308. The molecule has 4 rings (SSSR count). The number of halogens is 5. The van der Waals surface area contributed by atoms with Gasteiger partial charge in [0.05, 0.1) is 23.2 Å². The number of nitrogens with zero attached hydrogens (tertiary/aromatic N) is 3. The van der Waals surface area contributed by atoms with Crippen molar-refractivity contribution in [3.8, 4) is 5.75 Å². The third-order valence-electron chi connectivity index (χ3n) is 6.23. The summed E-state index contributed by atoms with van der Waals surface area (Å²) in [7, 11) is 0. The standard InChI is InChI=1S/C26H23F5N4O3/c1-15-32-14-20(25(37)34-38-18-5-2-4-17(12-18)26(29,30)31)24(33-15)16-8-10-35(11-9-16)23(36)13-19-21(27)6-3-7-22(19)28/h2-7,12,14,16H,8-11,13H2,1H3,(H,34,37). The minimum atomic E-state index is -4.57. The molecule has 1 aliphatic rings. The molecule has 0 unspecified atom stereocenters. The van der Waals surface area contributed by atoms with Crippen LogP contribution in [0.3, 0.4) is 0 Å². The Morgan fingerprint density at radius 3 is 2.39 bits per heavy atom. The molecular weight excluding hydrogens is 511 g/mol. The van der Waals surface area contributed by atoms with E-state index in [-0.39, 0.29) is 35.9 Å². The molecule has 3 aromatic rings. The summed E-state index contributed by atoms with van der Waals surface area (Å²) in [6, 6.07) is 7.48. The molecule has 38 heavy (non-hydrogen) atoms. The summed E-state index contributed by atoms with van der Waals surface area (Å²) in [5, 5.41) is 0.